The molecule has 1 unspecified atom stereocenters. The molecule has 4 rings (SSSR count). The number of amides is 2. The van der Waals surface area contributed by atoms with E-state index in [1.54, 1.807) is 9.25 Å². The molecule has 156 valence electrons. The smallest absolute Gasteiger partial charge is 0.345 e. The Bertz CT molecular complexity index is 716. The average molecular weight is 393 g/mol. The third-order valence-corrected chi connectivity index (χ3v) is 6.00. The van der Waals surface area contributed by atoms with Gasteiger partial charge < -0.3 is 15.0 Å². The van der Waals surface area contributed by atoms with Crippen LogP contribution >= 0.6 is 0 Å². The van der Waals surface area contributed by atoms with Gasteiger partial charge in [0.25, 0.3) is 0 Å². The first-order valence-electron chi connectivity index (χ1n) is 10.7. The summed E-state index contributed by atoms with van der Waals surface area (Å²) in [5, 5.41) is 7.42. The fraction of sp³-hybridized carbons (Fsp3) is 0.842. The number of carbonyl (C=O) groups excluding carboxylic acids is 1. The van der Waals surface area contributed by atoms with Crippen molar-refractivity contribution in [3.63, 3.8) is 0 Å². The molecular formula is C19H32N6O3. The van der Waals surface area contributed by atoms with Crippen LogP contribution in [0.25, 0.3) is 0 Å². The molecule has 1 atom stereocenters. The maximum absolute atomic E-state index is 12.4. The van der Waals surface area contributed by atoms with Gasteiger partial charge in [0, 0.05) is 65.4 Å². The van der Waals surface area contributed by atoms with Gasteiger partial charge in [0.2, 0.25) is 0 Å². The van der Waals surface area contributed by atoms with E-state index in [1.165, 1.54) is 6.42 Å². The van der Waals surface area contributed by atoms with Gasteiger partial charge in [-0.15, -0.1) is 0 Å². The number of urea groups is 1. The van der Waals surface area contributed by atoms with E-state index < -0.39 is 0 Å². The third-order valence-electron chi connectivity index (χ3n) is 6.00. The second-order valence-corrected chi connectivity index (χ2v) is 8.04. The fourth-order valence-corrected chi connectivity index (χ4v) is 4.34. The number of piperazine rings is 1. The van der Waals surface area contributed by atoms with Gasteiger partial charge in [-0.3, -0.25) is 9.47 Å². The Labute approximate surface area is 165 Å². The van der Waals surface area contributed by atoms with Crippen LogP contribution < -0.4 is 11.0 Å². The maximum Gasteiger partial charge on any atom is 0.345 e. The second-order valence-electron chi connectivity index (χ2n) is 8.04. The highest BCUT2D eigenvalue weighted by molar-refractivity contribution is 5.74. The summed E-state index contributed by atoms with van der Waals surface area (Å²) in [5.74, 6) is 0.904. The summed E-state index contributed by atoms with van der Waals surface area (Å²) in [5.41, 5.74) is -0.0107. The van der Waals surface area contributed by atoms with Crippen molar-refractivity contribution in [2.45, 2.75) is 57.7 Å². The monoisotopic (exact) mass is 392 g/mol. The highest BCUT2D eigenvalue weighted by atomic mass is 16.5. The van der Waals surface area contributed by atoms with E-state index in [0.717, 1.165) is 77.4 Å². The van der Waals surface area contributed by atoms with Crippen molar-refractivity contribution in [1.29, 1.82) is 0 Å². The van der Waals surface area contributed by atoms with Crippen LogP contribution in [0, 0.1) is 0 Å². The molecule has 3 aliphatic heterocycles. The molecule has 3 aliphatic rings. The standard InChI is InChI=1S/C19H32N6O3/c26-18(23-12-10-22(11-13-23)15-16-5-3-14-28-16)20-7-4-9-25-19(27)24-8-2-1-6-17(24)21-25/h16H,1-15H2,(H,20,26). The summed E-state index contributed by atoms with van der Waals surface area (Å²) >= 11 is 0. The zero-order valence-electron chi connectivity index (χ0n) is 16.6. The predicted octanol–water partition coefficient (Wildman–Crippen LogP) is 0.277. The van der Waals surface area contributed by atoms with Gasteiger partial charge in [-0.25, -0.2) is 14.3 Å². The zero-order chi connectivity index (χ0) is 19.3. The molecule has 1 aromatic rings. The van der Waals surface area contributed by atoms with Gasteiger partial charge in [0.05, 0.1) is 6.10 Å². The lowest BCUT2D eigenvalue weighted by molar-refractivity contribution is 0.0561. The molecule has 2 amide bonds. The Hall–Kier alpha value is -1.87. The van der Waals surface area contributed by atoms with Gasteiger partial charge in [0.15, 0.2) is 0 Å². The number of ether oxygens (including phenoxy) is 1. The summed E-state index contributed by atoms with van der Waals surface area (Å²) in [6.45, 7) is 7.09. The Morgan fingerprint density at radius 3 is 2.75 bits per heavy atom. The normalized spacial score (nSPS) is 23.0. The largest absolute Gasteiger partial charge is 0.377 e. The second kappa shape index (κ2) is 9.09. The van der Waals surface area contributed by atoms with E-state index in [1.807, 2.05) is 4.90 Å². The van der Waals surface area contributed by atoms with E-state index in [2.05, 4.69) is 15.3 Å². The van der Waals surface area contributed by atoms with E-state index in [0.29, 0.717) is 25.6 Å². The molecule has 2 fully saturated rings. The SMILES string of the molecule is O=C(NCCCn1nc2n(c1=O)CCCC2)N1CCN(CC2CCCO2)CC1. The highest BCUT2D eigenvalue weighted by Crippen LogP contribution is 2.14. The third kappa shape index (κ3) is 4.57. The van der Waals surface area contributed by atoms with Crippen LogP contribution in [0.4, 0.5) is 4.79 Å². The minimum absolute atomic E-state index is 0.00625. The van der Waals surface area contributed by atoms with Crippen molar-refractivity contribution in [2.24, 2.45) is 0 Å². The van der Waals surface area contributed by atoms with Crippen molar-refractivity contribution in [1.82, 2.24) is 29.5 Å². The molecule has 1 N–H and O–H groups in total. The minimum atomic E-state index is -0.0107. The molecule has 1 aromatic heterocycles. The van der Waals surface area contributed by atoms with Crippen LogP contribution in [0.1, 0.15) is 37.9 Å². The maximum atomic E-state index is 12.4. The molecule has 4 heterocycles. The molecule has 0 aliphatic carbocycles. The molecule has 2 saturated heterocycles. The number of nitrogens with zero attached hydrogens (tertiary/aromatic N) is 5. The number of aromatic nitrogens is 3. The summed E-state index contributed by atoms with van der Waals surface area (Å²) in [6.07, 6.45) is 6.45. The lowest BCUT2D eigenvalue weighted by Crippen LogP contribution is -2.53. The van der Waals surface area contributed by atoms with Gasteiger partial charge in [0.1, 0.15) is 5.82 Å². The molecule has 9 heteroatoms. The first-order chi connectivity index (χ1) is 13.7. The quantitative estimate of drug-likeness (QED) is 0.703. The summed E-state index contributed by atoms with van der Waals surface area (Å²) < 4.78 is 9.04. The van der Waals surface area contributed by atoms with Crippen LogP contribution in [0.15, 0.2) is 4.79 Å². The van der Waals surface area contributed by atoms with Gasteiger partial charge in [-0.2, -0.15) is 5.10 Å². The van der Waals surface area contributed by atoms with Gasteiger partial charge >= 0.3 is 11.7 Å². The molecule has 0 bridgehead atoms. The molecule has 0 radical (unpaired) electrons. The van der Waals surface area contributed by atoms with E-state index in [-0.39, 0.29) is 11.7 Å². The fourth-order valence-electron chi connectivity index (χ4n) is 4.34. The first-order valence-corrected chi connectivity index (χ1v) is 10.7. The van der Waals surface area contributed by atoms with Crippen molar-refractivity contribution in [3.8, 4) is 0 Å². The van der Waals surface area contributed by atoms with Gasteiger partial charge in [-0.05, 0) is 32.1 Å². The number of hydrogen-bond donors (Lipinski definition) is 1. The van der Waals surface area contributed by atoms with Crippen LogP contribution in [0.2, 0.25) is 0 Å². The molecule has 28 heavy (non-hydrogen) atoms. The highest BCUT2D eigenvalue weighted by Gasteiger charge is 2.24. The van der Waals surface area contributed by atoms with E-state index in [9.17, 15) is 9.59 Å². The number of carbonyl (C=O) groups is 1. The van der Waals surface area contributed by atoms with Crippen molar-refractivity contribution >= 4 is 6.03 Å². The average Bonchev–Trinajstić information content (AvgIpc) is 3.34. The zero-order valence-corrected chi connectivity index (χ0v) is 16.6. The van der Waals surface area contributed by atoms with Crippen LogP contribution in [0.3, 0.4) is 0 Å². The summed E-state index contributed by atoms with van der Waals surface area (Å²) in [6, 6.07) is -0.00625. The van der Waals surface area contributed by atoms with Crippen LogP contribution in [-0.2, 0) is 24.2 Å². The molecular weight excluding hydrogens is 360 g/mol. The molecule has 0 spiro atoms. The Kier molecular flexibility index (Phi) is 6.31. The molecule has 0 saturated carbocycles. The molecule has 9 nitrogen and oxygen atoms in total. The number of rotatable bonds is 6. The minimum Gasteiger partial charge on any atom is -0.377 e. The predicted molar refractivity (Wildman–Crippen MR) is 104 cm³/mol. The van der Waals surface area contributed by atoms with Crippen LogP contribution in [-0.4, -0.2) is 82.2 Å². The van der Waals surface area contributed by atoms with Crippen molar-refractivity contribution in [3.05, 3.63) is 16.3 Å². The topological polar surface area (TPSA) is 84.6 Å². The first kappa shape index (κ1) is 19.4. The molecule has 0 aromatic carbocycles. The lowest BCUT2D eigenvalue weighted by atomic mass is 10.2. The van der Waals surface area contributed by atoms with Crippen LogP contribution in [0.5, 0.6) is 0 Å². The number of aryl methyl sites for hydroxylation is 2. The number of hydrogen-bond acceptors (Lipinski definition) is 5. The number of fused-ring (bicyclic) bond motifs is 1. The summed E-state index contributed by atoms with van der Waals surface area (Å²) in [4.78, 5) is 28.9. The van der Waals surface area contributed by atoms with Gasteiger partial charge in [-0.1, -0.05) is 0 Å². The summed E-state index contributed by atoms with van der Waals surface area (Å²) in [7, 11) is 0. The Morgan fingerprint density at radius 1 is 1.14 bits per heavy atom. The van der Waals surface area contributed by atoms with E-state index >= 15 is 0 Å². The van der Waals surface area contributed by atoms with Crippen molar-refractivity contribution in [2.75, 3.05) is 45.9 Å². The van der Waals surface area contributed by atoms with E-state index in [4.69, 9.17) is 4.74 Å². The number of nitrogens with one attached hydrogen (secondary N) is 1. The Morgan fingerprint density at radius 2 is 2.00 bits per heavy atom. The lowest BCUT2D eigenvalue weighted by Gasteiger charge is -2.35. The van der Waals surface area contributed by atoms with Crippen molar-refractivity contribution < 1.29 is 9.53 Å². The Balaban J connectivity index is 1.14.